The Morgan fingerprint density at radius 3 is 2.48 bits per heavy atom. The van der Waals surface area contributed by atoms with Crippen LogP contribution in [-0.4, -0.2) is 33.1 Å². The van der Waals surface area contributed by atoms with Crippen molar-refractivity contribution in [3.63, 3.8) is 0 Å². The van der Waals surface area contributed by atoms with E-state index >= 15 is 0 Å². The van der Waals surface area contributed by atoms with Gasteiger partial charge >= 0.3 is 6.18 Å². The highest BCUT2D eigenvalue weighted by Crippen LogP contribution is 2.29. The highest BCUT2D eigenvalue weighted by molar-refractivity contribution is 5.43. The van der Waals surface area contributed by atoms with E-state index in [9.17, 15) is 13.2 Å². The summed E-state index contributed by atoms with van der Waals surface area (Å²) < 4.78 is 50.7. The van der Waals surface area contributed by atoms with Gasteiger partial charge in [-0.2, -0.15) is 13.2 Å². The second-order valence-corrected chi connectivity index (χ2v) is 4.57. The second-order valence-electron chi connectivity index (χ2n) is 4.57. The number of methoxy groups -OCH3 is 1. The Balaban J connectivity index is 2.38. The minimum atomic E-state index is -4.29. The van der Waals surface area contributed by atoms with Gasteiger partial charge in [0.05, 0.1) is 20.3 Å². The van der Waals surface area contributed by atoms with E-state index in [0.717, 1.165) is 5.56 Å². The van der Waals surface area contributed by atoms with Crippen molar-refractivity contribution in [2.45, 2.75) is 25.6 Å². The first kappa shape index (κ1) is 17.6. The van der Waals surface area contributed by atoms with Crippen molar-refractivity contribution in [3.8, 4) is 11.5 Å². The molecule has 2 N–H and O–H groups in total. The van der Waals surface area contributed by atoms with Crippen LogP contribution < -0.4 is 15.2 Å². The molecule has 4 nitrogen and oxygen atoms in total. The molecule has 0 aliphatic heterocycles. The van der Waals surface area contributed by atoms with Crippen LogP contribution >= 0.6 is 0 Å². The van der Waals surface area contributed by atoms with Crippen molar-refractivity contribution in [2.24, 2.45) is 5.73 Å². The SMILES string of the molecule is COc1cc([C@H](C)N)ccc1OCCCOCC(F)(F)F. The van der Waals surface area contributed by atoms with Gasteiger partial charge in [-0.05, 0) is 24.6 Å². The number of hydrogen-bond acceptors (Lipinski definition) is 4. The van der Waals surface area contributed by atoms with Crippen LogP contribution in [0, 0.1) is 0 Å². The largest absolute Gasteiger partial charge is 0.493 e. The molecule has 0 bridgehead atoms. The summed E-state index contributed by atoms with van der Waals surface area (Å²) in [4.78, 5) is 0. The molecule has 0 heterocycles. The summed E-state index contributed by atoms with van der Waals surface area (Å²) in [6, 6.07) is 5.21. The summed E-state index contributed by atoms with van der Waals surface area (Å²) in [5.74, 6) is 1.07. The third-order valence-corrected chi connectivity index (χ3v) is 2.67. The fraction of sp³-hybridized carbons (Fsp3) is 0.571. The molecule has 1 aromatic carbocycles. The molecule has 0 radical (unpaired) electrons. The third-order valence-electron chi connectivity index (χ3n) is 2.67. The molecule has 0 aliphatic rings. The summed E-state index contributed by atoms with van der Waals surface area (Å²) in [5, 5.41) is 0. The number of halogens is 3. The van der Waals surface area contributed by atoms with Crippen LogP contribution in [0.5, 0.6) is 11.5 Å². The molecule has 0 aliphatic carbocycles. The number of ether oxygens (including phenoxy) is 3. The summed E-state index contributed by atoms with van der Waals surface area (Å²) in [6.45, 7) is 0.845. The molecule has 120 valence electrons. The van der Waals surface area contributed by atoms with E-state index in [-0.39, 0.29) is 19.3 Å². The predicted molar refractivity (Wildman–Crippen MR) is 72.6 cm³/mol. The van der Waals surface area contributed by atoms with E-state index in [1.165, 1.54) is 7.11 Å². The van der Waals surface area contributed by atoms with E-state index in [1.54, 1.807) is 12.1 Å². The molecule has 7 heteroatoms. The quantitative estimate of drug-likeness (QED) is 0.750. The van der Waals surface area contributed by atoms with Crippen molar-refractivity contribution in [1.82, 2.24) is 0 Å². The summed E-state index contributed by atoms with van der Waals surface area (Å²) in [6.07, 6.45) is -3.94. The van der Waals surface area contributed by atoms with Crippen molar-refractivity contribution in [2.75, 3.05) is 26.9 Å². The molecule has 1 rings (SSSR count). The molecule has 1 atom stereocenters. The van der Waals surface area contributed by atoms with Gasteiger partial charge in [-0.15, -0.1) is 0 Å². The lowest BCUT2D eigenvalue weighted by Gasteiger charge is -2.14. The Hall–Kier alpha value is -1.47. The normalized spacial score (nSPS) is 13.0. The topological polar surface area (TPSA) is 53.7 Å². The highest BCUT2D eigenvalue weighted by atomic mass is 19.4. The average Bonchev–Trinajstić information content (AvgIpc) is 2.41. The Morgan fingerprint density at radius 2 is 1.90 bits per heavy atom. The van der Waals surface area contributed by atoms with Gasteiger partial charge < -0.3 is 19.9 Å². The van der Waals surface area contributed by atoms with Gasteiger partial charge in [0.25, 0.3) is 0 Å². The van der Waals surface area contributed by atoms with Crippen molar-refractivity contribution >= 4 is 0 Å². The molecular weight excluding hydrogens is 287 g/mol. The number of nitrogens with two attached hydrogens (primary N) is 1. The van der Waals surface area contributed by atoms with Gasteiger partial charge in [0.15, 0.2) is 11.5 Å². The smallest absolute Gasteiger partial charge is 0.411 e. The number of hydrogen-bond donors (Lipinski definition) is 1. The first-order chi connectivity index (χ1) is 9.83. The van der Waals surface area contributed by atoms with E-state index in [2.05, 4.69) is 4.74 Å². The van der Waals surface area contributed by atoms with Crippen molar-refractivity contribution in [1.29, 1.82) is 0 Å². The lowest BCUT2D eigenvalue weighted by molar-refractivity contribution is -0.174. The molecule has 0 aromatic heterocycles. The van der Waals surface area contributed by atoms with Gasteiger partial charge in [0.1, 0.15) is 6.61 Å². The summed E-state index contributed by atoms with van der Waals surface area (Å²) in [7, 11) is 1.51. The van der Waals surface area contributed by atoms with Crippen molar-refractivity contribution in [3.05, 3.63) is 23.8 Å². The zero-order chi connectivity index (χ0) is 15.9. The monoisotopic (exact) mass is 307 g/mol. The Kier molecular flexibility index (Phi) is 6.77. The number of rotatable bonds is 8. The van der Waals surface area contributed by atoms with Crippen LogP contribution in [0.3, 0.4) is 0 Å². The van der Waals surface area contributed by atoms with E-state index in [4.69, 9.17) is 15.2 Å². The summed E-state index contributed by atoms with van der Waals surface area (Å²) in [5.41, 5.74) is 6.68. The molecule has 0 amide bonds. The standard InChI is InChI=1S/C14H20F3NO3/c1-10(18)11-4-5-12(13(8-11)19-2)21-7-3-6-20-9-14(15,16)17/h4-5,8,10H,3,6-7,9,18H2,1-2H3/t10-/m0/s1. The van der Waals surface area contributed by atoms with Gasteiger partial charge in [-0.3, -0.25) is 0 Å². The van der Waals surface area contributed by atoms with Crippen LogP contribution in [0.4, 0.5) is 13.2 Å². The van der Waals surface area contributed by atoms with Crippen LogP contribution in [-0.2, 0) is 4.74 Å². The second kappa shape index (κ2) is 8.09. The van der Waals surface area contributed by atoms with Gasteiger partial charge in [0, 0.05) is 12.5 Å². The Bertz CT molecular complexity index is 436. The molecule has 0 saturated heterocycles. The van der Waals surface area contributed by atoms with Crippen LogP contribution in [0.2, 0.25) is 0 Å². The van der Waals surface area contributed by atoms with Crippen LogP contribution in [0.15, 0.2) is 18.2 Å². The van der Waals surface area contributed by atoms with Gasteiger partial charge in [0.2, 0.25) is 0 Å². The minimum Gasteiger partial charge on any atom is -0.493 e. The maximum Gasteiger partial charge on any atom is 0.411 e. The van der Waals surface area contributed by atoms with Crippen LogP contribution in [0.25, 0.3) is 0 Å². The Morgan fingerprint density at radius 1 is 1.19 bits per heavy atom. The molecule has 0 unspecified atom stereocenters. The number of benzene rings is 1. The lowest BCUT2D eigenvalue weighted by Crippen LogP contribution is -2.18. The zero-order valence-electron chi connectivity index (χ0n) is 12.1. The molecule has 1 aromatic rings. The maximum atomic E-state index is 11.8. The lowest BCUT2D eigenvalue weighted by atomic mass is 10.1. The number of alkyl halides is 3. The maximum absolute atomic E-state index is 11.8. The fourth-order valence-corrected chi connectivity index (χ4v) is 1.62. The molecule has 0 fully saturated rings. The van der Waals surface area contributed by atoms with E-state index in [0.29, 0.717) is 17.9 Å². The summed E-state index contributed by atoms with van der Waals surface area (Å²) >= 11 is 0. The predicted octanol–water partition coefficient (Wildman–Crippen LogP) is 3.06. The molecule has 0 saturated carbocycles. The van der Waals surface area contributed by atoms with E-state index in [1.807, 2.05) is 13.0 Å². The minimum absolute atomic E-state index is 0.0141. The Labute approximate surface area is 122 Å². The molecule has 21 heavy (non-hydrogen) atoms. The van der Waals surface area contributed by atoms with Crippen molar-refractivity contribution < 1.29 is 27.4 Å². The zero-order valence-corrected chi connectivity index (χ0v) is 12.1. The molecule has 0 spiro atoms. The first-order valence-electron chi connectivity index (χ1n) is 6.54. The van der Waals surface area contributed by atoms with Crippen LogP contribution in [0.1, 0.15) is 24.9 Å². The van der Waals surface area contributed by atoms with Gasteiger partial charge in [-0.25, -0.2) is 0 Å². The van der Waals surface area contributed by atoms with E-state index < -0.39 is 12.8 Å². The molecular formula is C14H20F3NO3. The highest BCUT2D eigenvalue weighted by Gasteiger charge is 2.27. The van der Waals surface area contributed by atoms with Gasteiger partial charge in [-0.1, -0.05) is 6.07 Å². The first-order valence-corrected chi connectivity index (χ1v) is 6.54. The third kappa shape index (κ3) is 6.68. The fourth-order valence-electron chi connectivity index (χ4n) is 1.62. The average molecular weight is 307 g/mol.